The summed E-state index contributed by atoms with van der Waals surface area (Å²) in [5.74, 6) is 0.801. The van der Waals surface area contributed by atoms with Crippen LogP contribution in [0.3, 0.4) is 0 Å². The van der Waals surface area contributed by atoms with E-state index in [-0.39, 0.29) is 19.3 Å². The fourth-order valence-electron chi connectivity index (χ4n) is 1.83. The minimum Gasteiger partial charge on any atom is -0.496 e. The summed E-state index contributed by atoms with van der Waals surface area (Å²) >= 11 is 3.45. The number of benzene rings is 1. The minimum atomic E-state index is -0.0177. The van der Waals surface area contributed by atoms with Crippen LogP contribution in [0.2, 0.25) is 0 Å². The summed E-state index contributed by atoms with van der Waals surface area (Å²) in [5, 5.41) is 18.2. The maximum absolute atomic E-state index is 9.26. The molecule has 0 saturated carbocycles. The summed E-state index contributed by atoms with van der Waals surface area (Å²) in [5.41, 5.74) is 1.13. The molecule has 0 saturated heterocycles. The third kappa shape index (κ3) is 4.24. The van der Waals surface area contributed by atoms with Crippen molar-refractivity contribution in [3.05, 3.63) is 28.2 Å². The van der Waals surface area contributed by atoms with E-state index >= 15 is 0 Å². The van der Waals surface area contributed by atoms with Crippen molar-refractivity contribution in [3.8, 4) is 5.75 Å². The van der Waals surface area contributed by atoms with E-state index in [1.54, 1.807) is 7.11 Å². The van der Waals surface area contributed by atoms with Crippen molar-refractivity contribution in [1.82, 2.24) is 4.90 Å². The summed E-state index contributed by atoms with van der Waals surface area (Å²) in [6.07, 6.45) is 0.574. The molecule has 0 fully saturated rings. The van der Waals surface area contributed by atoms with Crippen molar-refractivity contribution >= 4 is 15.9 Å². The Kier molecular flexibility index (Phi) is 6.63. The molecule has 2 N–H and O–H groups in total. The largest absolute Gasteiger partial charge is 0.496 e. The van der Waals surface area contributed by atoms with Crippen LogP contribution in [0.15, 0.2) is 22.7 Å². The Morgan fingerprint density at radius 1 is 1.39 bits per heavy atom. The quantitative estimate of drug-likeness (QED) is 0.802. The SMILES string of the molecule is COc1ccc(CN(C)C(CO)CCO)cc1Br. The normalized spacial score (nSPS) is 12.8. The molecule has 5 heteroatoms. The second-order valence-electron chi connectivity index (χ2n) is 4.23. The van der Waals surface area contributed by atoms with E-state index in [2.05, 4.69) is 15.9 Å². The highest BCUT2D eigenvalue weighted by Crippen LogP contribution is 2.26. The van der Waals surface area contributed by atoms with Crippen LogP contribution < -0.4 is 4.74 Å². The topological polar surface area (TPSA) is 52.9 Å². The van der Waals surface area contributed by atoms with Gasteiger partial charge in [0.15, 0.2) is 0 Å². The standard InChI is InChI=1S/C13H20BrNO3/c1-15(11(9-17)5-6-16)8-10-3-4-13(18-2)12(14)7-10/h3-4,7,11,16-17H,5-6,8-9H2,1-2H3. The lowest BCUT2D eigenvalue weighted by Crippen LogP contribution is -2.35. The molecule has 1 aromatic carbocycles. The van der Waals surface area contributed by atoms with Crippen molar-refractivity contribution < 1.29 is 14.9 Å². The maximum Gasteiger partial charge on any atom is 0.133 e. The number of halogens is 1. The zero-order chi connectivity index (χ0) is 13.5. The van der Waals surface area contributed by atoms with Gasteiger partial charge in [-0.05, 0) is 47.1 Å². The molecule has 0 aliphatic carbocycles. The Balaban J connectivity index is 2.68. The van der Waals surface area contributed by atoms with E-state index in [1.807, 2.05) is 30.1 Å². The Hall–Kier alpha value is -0.620. The van der Waals surface area contributed by atoms with Gasteiger partial charge in [-0.1, -0.05) is 6.07 Å². The van der Waals surface area contributed by atoms with Crippen LogP contribution in [0, 0.1) is 0 Å². The number of nitrogens with zero attached hydrogens (tertiary/aromatic N) is 1. The number of aliphatic hydroxyl groups is 2. The van der Waals surface area contributed by atoms with Crippen molar-refractivity contribution in [3.63, 3.8) is 0 Å². The fraction of sp³-hybridized carbons (Fsp3) is 0.538. The van der Waals surface area contributed by atoms with Crippen LogP contribution in [0.1, 0.15) is 12.0 Å². The Bertz CT molecular complexity index is 373. The van der Waals surface area contributed by atoms with Crippen LogP contribution in [-0.4, -0.2) is 48.5 Å². The van der Waals surface area contributed by atoms with E-state index < -0.39 is 0 Å². The summed E-state index contributed by atoms with van der Waals surface area (Å²) in [4.78, 5) is 2.03. The van der Waals surface area contributed by atoms with E-state index in [1.165, 1.54) is 0 Å². The van der Waals surface area contributed by atoms with Gasteiger partial charge in [-0.2, -0.15) is 0 Å². The predicted molar refractivity (Wildman–Crippen MR) is 74.7 cm³/mol. The summed E-state index contributed by atoms with van der Waals surface area (Å²) in [6.45, 7) is 0.851. The highest BCUT2D eigenvalue weighted by atomic mass is 79.9. The molecule has 1 aromatic rings. The smallest absolute Gasteiger partial charge is 0.133 e. The number of likely N-dealkylation sites (N-methyl/N-ethyl adjacent to an activating group) is 1. The number of ether oxygens (including phenoxy) is 1. The summed E-state index contributed by atoms with van der Waals surface area (Å²) < 4.78 is 6.09. The van der Waals surface area contributed by atoms with E-state index in [9.17, 15) is 5.11 Å². The first-order valence-corrected chi connectivity index (χ1v) is 6.66. The minimum absolute atomic E-state index is 0.0177. The molecule has 0 bridgehead atoms. The van der Waals surface area contributed by atoms with Gasteiger partial charge >= 0.3 is 0 Å². The number of hydrogen-bond donors (Lipinski definition) is 2. The van der Waals surface area contributed by atoms with E-state index in [0.717, 1.165) is 15.8 Å². The third-order valence-corrected chi connectivity index (χ3v) is 3.56. The van der Waals surface area contributed by atoms with Gasteiger partial charge in [0.25, 0.3) is 0 Å². The summed E-state index contributed by atoms with van der Waals surface area (Å²) in [7, 11) is 3.57. The average Bonchev–Trinajstić information content (AvgIpc) is 2.36. The first-order chi connectivity index (χ1) is 8.62. The van der Waals surface area contributed by atoms with Gasteiger partial charge in [0.1, 0.15) is 5.75 Å². The first kappa shape index (κ1) is 15.4. The first-order valence-electron chi connectivity index (χ1n) is 5.86. The monoisotopic (exact) mass is 317 g/mol. The molecule has 0 aliphatic rings. The van der Waals surface area contributed by atoms with Gasteiger partial charge < -0.3 is 14.9 Å². The molecular weight excluding hydrogens is 298 g/mol. The van der Waals surface area contributed by atoms with Crippen LogP contribution >= 0.6 is 15.9 Å². The number of methoxy groups -OCH3 is 1. The second-order valence-corrected chi connectivity index (χ2v) is 5.09. The van der Waals surface area contributed by atoms with Crippen molar-refractivity contribution in [2.75, 3.05) is 27.4 Å². The molecule has 18 heavy (non-hydrogen) atoms. The average molecular weight is 318 g/mol. The van der Waals surface area contributed by atoms with Gasteiger partial charge in [-0.25, -0.2) is 0 Å². The number of aliphatic hydroxyl groups excluding tert-OH is 2. The number of rotatable bonds is 7. The molecular formula is C13H20BrNO3. The number of hydrogen-bond acceptors (Lipinski definition) is 4. The van der Waals surface area contributed by atoms with Crippen LogP contribution in [0.25, 0.3) is 0 Å². The molecule has 1 atom stereocenters. The fourth-order valence-corrected chi connectivity index (χ4v) is 2.41. The highest BCUT2D eigenvalue weighted by Gasteiger charge is 2.13. The Morgan fingerprint density at radius 3 is 2.61 bits per heavy atom. The van der Waals surface area contributed by atoms with Gasteiger partial charge in [0.2, 0.25) is 0 Å². The highest BCUT2D eigenvalue weighted by molar-refractivity contribution is 9.10. The lowest BCUT2D eigenvalue weighted by Gasteiger charge is -2.26. The van der Waals surface area contributed by atoms with Gasteiger partial charge in [-0.3, -0.25) is 4.90 Å². The van der Waals surface area contributed by atoms with Crippen molar-refractivity contribution in [2.45, 2.75) is 19.0 Å². The predicted octanol–water partition coefficient (Wildman–Crippen LogP) is 1.63. The van der Waals surface area contributed by atoms with E-state index in [4.69, 9.17) is 9.84 Å². The van der Waals surface area contributed by atoms with Gasteiger partial charge in [-0.15, -0.1) is 0 Å². The second kappa shape index (κ2) is 7.74. The molecule has 102 valence electrons. The molecule has 0 heterocycles. The molecule has 1 rings (SSSR count). The lowest BCUT2D eigenvalue weighted by molar-refractivity contribution is 0.115. The molecule has 1 unspecified atom stereocenters. The van der Waals surface area contributed by atoms with Crippen LogP contribution in [0.5, 0.6) is 5.75 Å². The maximum atomic E-state index is 9.26. The molecule has 0 spiro atoms. The van der Waals surface area contributed by atoms with Crippen LogP contribution in [-0.2, 0) is 6.54 Å². The van der Waals surface area contributed by atoms with Crippen molar-refractivity contribution in [1.29, 1.82) is 0 Å². The molecule has 4 nitrogen and oxygen atoms in total. The van der Waals surface area contributed by atoms with E-state index in [0.29, 0.717) is 13.0 Å². The van der Waals surface area contributed by atoms with Gasteiger partial charge in [0.05, 0.1) is 18.2 Å². The zero-order valence-corrected chi connectivity index (χ0v) is 12.4. The summed E-state index contributed by atoms with van der Waals surface area (Å²) in [6, 6.07) is 5.89. The van der Waals surface area contributed by atoms with Crippen LogP contribution in [0.4, 0.5) is 0 Å². The molecule has 0 aliphatic heterocycles. The zero-order valence-electron chi connectivity index (χ0n) is 10.8. The third-order valence-electron chi connectivity index (χ3n) is 2.94. The molecule has 0 amide bonds. The molecule has 0 radical (unpaired) electrons. The Morgan fingerprint density at radius 2 is 2.11 bits per heavy atom. The van der Waals surface area contributed by atoms with Gasteiger partial charge in [0, 0.05) is 19.2 Å². The molecule has 0 aromatic heterocycles. The van der Waals surface area contributed by atoms with Crippen molar-refractivity contribution in [2.24, 2.45) is 0 Å². The lowest BCUT2D eigenvalue weighted by atomic mass is 10.1. The Labute approximate surface area is 116 Å².